The van der Waals surface area contributed by atoms with Gasteiger partial charge in [0.1, 0.15) is 23.0 Å². The average molecular weight is 437 g/mol. The Bertz CT molecular complexity index is 1080. The molecule has 1 aromatic carbocycles. The predicted molar refractivity (Wildman–Crippen MR) is 114 cm³/mol. The van der Waals surface area contributed by atoms with Crippen LogP contribution in [0.5, 0.6) is 0 Å². The van der Waals surface area contributed by atoms with Crippen LogP contribution in [0.4, 0.5) is 14.6 Å². The number of aryl methyl sites for hydroxylation is 3. The van der Waals surface area contributed by atoms with Crippen LogP contribution in [0.3, 0.4) is 0 Å². The lowest BCUT2D eigenvalue weighted by atomic mass is 10.2. The zero-order valence-electron chi connectivity index (χ0n) is 17.4. The highest BCUT2D eigenvalue weighted by molar-refractivity contribution is 7.85. The first kappa shape index (κ1) is 22.3. The van der Waals surface area contributed by atoms with Crippen molar-refractivity contribution in [1.29, 1.82) is 0 Å². The van der Waals surface area contributed by atoms with E-state index in [-0.39, 0.29) is 4.90 Å². The summed E-state index contributed by atoms with van der Waals surface area (Å²) < 4.78 is 46.6. The summed E-state index contributed by atoms with van der Waals surface area (Å²) in [6.45, 7) is 5.09. The summed E-state index contributed by atoms with van der Waals surface area (Å²) in [4.78, 5) is 9.09. The van der Waals surface area contributed by atoms with Crippen LogP contribution < -0.4 is 5.73 Å². The molecule has 0 amide bonds. The van der Waals surface area contributed by atoms with Gasteiger partial charge in [0.25, 0.3) is 0 Å². The number of unbranched alkanes of at least 4 members (excludes halogenated alkanes) is 1. The summed E-state index contributed by atoms with van der Waals surface area (Å²) >= 11 is 0. The summed E-state index contributed by atoms with van der Waals surface area (Å²) in [6.07, 6.45) is 1.97. The van der Waals surface area contributed by atoms with Gasteiger partial charge in [-0.25, -0.2) is 18.7 Å². The molecule has 9 heteroatoms. The first-order chi connectivity index (χ1) is 14.3. The molecule has 1 atom stereocenters. The number of fused-ring (bicyclic) bond motifs is 1. The lowest BCUT2D eigenvalue weighted by Gasteiger charge is -2.12. The first-order valence-corrected chi connectivity index (χ1v) is 11.1. The van der Waals surface area contributed by atoms with Gasteiger partial charge < -0.3 is 15.0 Å². The minimum absolute atomic E-state index is 0.0376. The number of hydrogen-bond acceptors (Lipinski definition) is 5. The van der Waals surface area contributed by atoms with E-state index in [0.29, 0.717) is 43.1 Å². The molecule has 0 saturated carbocycles. The number of hydrogen-bond donors (Lipinski definition) is 1. The Morgan fingerprint density at radius 2 is 1.97 bits per heavy atom. The monoisotopic (exact) mass is 436 g/mol. The number of nitrogens with zero attached hydrogens (tertiary/aromatic N) is 3. The molecule has 0 fully saturated rings. The SMILES string of the molecule is COCCc1nc2c(N)nc(C)c(C)c2n1CCCCS(=O)c1ccc(F)cc1F. The van der Waals surface area contributed by atoms with E-state index in [2.05, 4.69) is 14.5 Å². The van der Waals surface area contributed by atoms with Crippen molar-refractivity contribution in [1.82, 2.24) is 14.5 Å². The minimum atomic E-state index is -1.52. The van der Waals surface area contributed by atoms with E-state index in [9.17, 15) is 13.0 Å². The predicted octanol–water partition coefficient (Wildman–Crippen LogP) is 3.69. The summed E-state index contributed by atoms with van der Waals surface area (Å²) in [5.41, 5.74) is 9.61. The molecule has 3 rings (SSSR count). The third-order valence-corrected chi connectivity index (χ3v) is 6.59. The summed E-state index contributed by atoms with van der Waals surface area (Å²) in [6, 6.07) is 3.13. The van der Waals surface area contributed by atoms with Gasteiger partial charge in [-0.1, -0.05) is 0 Å². The standard InChI is InChI=1S/C21H26F2N4O2S/c1-13-14(2)25-21(24)19-20(13)27(18(26-19)8-10-29-3)9-4-5-11-30(28)17-7-6-15(22)12-16(17)23/h6-7,12H,4-5,8-11H2,1-3H3,(H2,24,25). The molecule has 2 heterocycles. The third-order valence-electron chi connectivity index (χ3n) is 5.11. The Hall–Kier alpha value is -2.39. The van der Waals surface area contributed by atoms with Crippen molar-refractivity contribution in [2.24, 2.45) is 0 Å². The normalized spacial score (nSPS) is 12.6. The van der Waals surface area contributed by atoms with E-state index in [1.54, 1.807) is 7.11 Å². The van der Waals surface area contributed by atoms with Gasteiger partial charge in [-0.3, -0.25) is 4.21 Å². The van der Waals surface area contributed by atoms with Crippen LogP contribution in [0, 0.1) is 25.5 Å². The maximum absolute atomic E-state index is 13.8. The van der Waals surface area contributed by atoms with Crippen molar-refractivity contribution < 1.29 is 17.7 Å². The quantitative estimate of drug-likeness (QED) is 0.518. The minimum Gasteiger partial charge on any atom is -0.384 e. The van der Waals surface area contributed by atoms with Gasteiger partial charge in [0.2, 0.25) is 0 Å². The number of anilines is 1. The largest absolute Gasteiger partial charge is 0.384 e. The molecular weight excluding hydrogens is 410 g/mol. The number of benzene rings is 1. The molecule has 30 heavy (non-hydrogen) atoms. The van der Waals surface area contributed by atoms with Gasteiger partial charge in [-0.2, -0.15) is 0 Å². The van der Waals surface area contributed by atoms with Crippen molar-refractivity contribution in [3.8, 4) is 0 Å². The van der Waals surface area contributed by atoms with E-state index < -0.39 is 22.4 Å². The van der Waals surface area contributed by atoms with E-state index in [4.69, 9.17) is 10.5 Å². The molecule has 0 aliphatic rings. The molecule has 0 bridgehead atoms. The van der Waals surface area contributed by atoms with Gasteiger partial charge >= 0.3 is 0 Å². The first-order valence-electron chi connectivity index (χ1n) is 9.77. The van der Waals surface area contributed by atoms with Crippen molar-refractivity contribution in [3.63, 3.8) is 0 Å². The number of nitrogen functional groups attached to an aromatic ring is 1. The number of rotatable bonds is 9. The highest BCUT2D eigenvalue weighted by atomic mass is 32.2. The Balaban J connectivity index is 1.75. The molecule has 0 aliphatic heterocycles. The van der Waals surface area contributed by atoms with Crippen LogP contribution >= 0.6 is 0 Å². The number of pyridine rings is 1. The molecule has 162 valence electrons. The Kier molecular flexibility index (Phi) is 7.14. The summed E-state index contributed by atoms with van der Waals surface area (Å²) in [5.74, 6) is 0.107. The smallest absolute Gasteiger partial charge is 0.151 e. The van der Waals surface area contributed by atoms with E-state index >= 15 is 0 Å². The molecule has 2 aromatic heterocycles. The lowest BCUT2D eigenvalue weighted by Crippen LogP contribution is -2.09. The van der Waals surface area contributed by atoms with E-state index in [1.165, 1.54) is 6.07 Å². The molecule has 0 radical (unpaired) electrons. The molecular formula is C21H26F2N4O2S. The zero-order valence-corrected chi connectivity index (χ0v) is 18.2. The molecule has 6 nitrogen and oxygen atoms in total. The lowest BCUT2D eigenvalue weighted by molar-refractivity contribution is 0.199. The van der Waals surface area contributed by atoms with Crippen LogP contribution in [0.2, 0.25) is 0 Å². The van der Waals surface area contributed by atoms with Crippen LogP contribution in [0.15, 0.2) is 23.1 Å². The summed E-state index contributed by atoms with van der Waals surface area (Å²) in [5, 5.41) is 0. The fourth-order valence-corrected chi connectivity index (χ4v) is 4.63. The average Bonchev–Trinajstić information content (AvgIpc) is 3.06. The number of imidazole rings is 1. The molecule has 2 N–H and O–H groups in total. The fourth-order valence-electron chi connectivity index (χ4n) is 3.44. The van der Waals surface area contributed by atoms with Crippen LogP contribution in [0.1, 0.15) is 29.9 Å². The third kappa shape index (κ3) is 4.67. The van der Waals surface area contributed by atoms with Crippen LogP contribution in [0.25, 0.3) is 11.0 Å². The van der Waals surface area contributed by atoms with Crippen molar-refractivity contribution in [3.05, 3.63) is 46.9 Å². The number of halogens is 2. The highest BCUT2D eigenvalue weighted by Crippen LogP contribution is 2.27. The summed E-state index contributed by atoms with van der Waals surface area (Å²) in [7, 11) is 0.124. The number of aromatic nitrogens is 3. The zero-order chi connectivity index (χ0) is 21.8. The van der Waals surface area contributed by atoms with Gasteiger partial charge in [0.15, 0.2) is 5.82 Å². The molecule has 0 saturated heterocycles. The van der Waals surface area contributed by atoms with Gasteiger partial charge in [0.05, 0.1) is 27.8 Å². The molecule has 0 aliphatic carbocycles. The second-order valence-corrected chi connectivity index (χ2v) is 8.70. The van der Waals surface area contributed by atoms with Gasteiger partial charge in [0, 0.05) is 37.6 Å². The second kappa shape index (κ2) is 9.61. The Morgan fingerprint density at radius 1 is 1.20 bits per heavy atom. The van der Waals surface area contributed by atoms with E-state index in [0.717, 1.165) is 41.2 Å². The van der Waals surface area contributed by atoms with Crippen molar-refractivity contribution in [2.75, 3.05) is 25.2 Å². The highest BCUT2D eigenvalue weighted by Gasteiger charge is 2.18. The maximum atomic E-state index is 13.8. The molecule has 1 unspecified atom stereocenters. The fraction of sp³-hybridized carbons (Fsp3) is 0.429. The van der Waals surface area contributed by atoms with Crippen LogP contribution in [-0.2, 0) is 28.5 Å². The maximum Gasteiger partial charge on any atom is 0.151 e. The van der Waals surface area contributed by atoms with Crippen molar-refractivity contribution in [2.45, 2.75) is 44.6 Å². The van der Waals surface area contributed by atoms with Crippen LogP contribution in [-0.4, -0.2) is 38.2 Å². The number of ether oxygens (including phenoxy) is 1. The number of methoxy groups -OCH3 is 1. The Labute approximate surface area is 176 Å². The Morgan fingerprint density at radius 3 is 2.67 bits per heavy atom. The topological polar surface area (TPSA) is 83.0 Å². The molecule has 0 spiro atoms. The van der Waals surface area contributed by atoms with Gasteiger partial charge in [-0.05, 0) is 44.4 Å². The van der Waals surface area contributed by atoms with Crippen molar-refractivity contribution >= 4 is 27.7 Å². The van der Waals surface area contributed by atoms with E-state index in [1.807, 2.05) is 13.8 Å². The van der Waals surface area contributed by atoms with Gasteiger partial charge in [-0.15, -0.1) is 0 Å². The molecule has 3 aromatic rings. The second-order valence-electron chi connectivity index (χ2n) is 7.16. The number of nitrogens with two attached hydrogens (primary N) is 1.